The van der Waals surface area contributed by atoms with Crippen molar-refractivity contribution in [1.29, 1.82) is 0 Å². The van der Waals surface area contributed by atoms with E-state index in [4.69, 9.17) is 5.73 Å². The molecule has 0 spiro atoms. The third-order valence-corrected chi connectivity index (χ3v) is 2.09. The molecule has 0 atom stereocenters. The molecule has 0 amide bonds. The summed E-state index contributed by atoms with van der Waals surface area (Å²) in [5.74, 6) is 0.642. The molecule has 0 radical (unpaired) electrons. The maximum Gasteiger partial charge on any atom is 0.204 e. The average Bonchev–Trinajstić information content (AvgIpc) is 2.68. The summed E-state index contributed by atoms with van der Waals surface area (Å²) in [6, 6.07) is 8.02. The molecule has 0 aliphatic carbocycles. The Morgan fingerprint density at radius 1 is 1.27 bits per heavy atom. The molecule has 0 saturated carbocycles. The van der Waals surface area contributed by atoms with Crippen molar-refractivity contribution < 1.29 is 0 Å². The molecular weight excluding hydrogens is 190 g/mol. The number of hydrogen-bond donors (Lipinski definition) is 1. The van der Waals surface area contributed by atoms with E-state index in [0.29, 0.717) is 18.9 Å². The van der Waals surface area contributed by atoms with E-state index in [1.165, 1.54) is 10.4 Å². The lowest BCUT2D eigenvalue weighted by Crippen LogP contribution is -2.12. The summed E-state index contributed by atoms with van der Waals surface area (Å²) in [4.78, 5) is 1.51. The molecular formula is C10H13N5. The molecule has 78 valence electrons. The minimum atomic E-state index is 0.518. The molecule has 0 saturated heterocycles. The normalized spacial score (nSPS) is 10.5. The van der Waals surface area contributed by atoms with Crippen molar-refractivity contribution in [3.05, 3.63) is 29.8 Å². The maximum atomic E-state index is 5.40. The molecule has 1 heterocycles. The summed E-state index contributed by atoms with van der Waals surface area (Å²) in [6.07, 6.45) is 0. The van der Waals surface area contributed by atoms with Crippen LogP contribution in [0.3, 0.4) is 0 Å². The zero-order valence-corrected chi connectivity index (χ0v) is 8.59. The largest absolute Gasteiger partial charge is 0.329 e. The van der Waals surface area contributed by atoms with Crippen LogP contribution in [0.4, 0.5) is 0 Å². The standard InChI is InChI=1S/C10H13N5/c1-8-2-4-9(5-3-8)10-12-14-15(13-10)7-6-11/h2-5H,6-7,11H2,1H3. The summed E-state index contributed by atoms with van der Waals surface area (Å²) >= 11 is 0. The third kappa shape index (κ3) is 2.19. The Morgan fingerprint density at radius 2 is 2.00 bits per heavy atom. The van der Waals surface area contributed by atoms with Crippen LogP contribution in [0.25, 0.3) is 11.4 Å². The van der Waals surface area contributed by atoms with Crippen molar-refractivity contribution in [3.8, 4) is 11.4 Å². The zero-order chi connectivity index (χ0) is 10.7. The van der Waals surface area contributed by atoms with Crippen LogP contribution in [0.15, 0.2) is 24.3 Å². The van der Waals surface area contributed by atoms with E-state index in [1.54, 1.807) is 0 Å². The predicted octanol–water partition coefficient (Wildman–Crippen LogP) is 0.607. The fourth-order valence-corrected chi connectivity index (χ4v) is 1.27. The van der Waals surface area contributed by atoms with Crippen LogP contribution in [0.5, 0.6) is 0 Å². The number of hydrogen-bond acceptors (Lipinski definition) is 4. The second-order valence-corrected chi connectivity index (χ2v) is 3.36. The maximum absolute atomic E-state index is 5.40. The van der Waals surface area contributed by atoms with Gasteiger partial charge >= 0.3 is 0 Å². The molecule has 1 aromatic heterocycles. The second kappa shape index (κ2) is 4.18. The van der Waals surface area contributed by atoms with Crippen molar-refractivity contribution in [3.63, 3.8) is 0 Å². The van der Waals surface area contributed by atoms with Gasteiger partial charge in [-0.1, -0.05) is 29.8 Å². The Morgan fingerprint density at radius 3 is 2.67 bits per heavy atom. The first-order chi connectivity index (χ1) is 7.29. The van der Waals surface area contributed by atoms with Gasteiger partial charge in [-0.15, -0.1) is 10.2 Å². The highest BCUT2D eigenvalue weighted by Crippen LogP contribution is 2.13. The molecule has 0 aliphatic rings. The van der Waals surface area contributed by atoms with Gasteiger partial charge in [0.15, 0.2) is 0 Å². The van der Waals surface area contributed by atoms with E-state index in [9.17, 15) is 0 Å². The molecule has 0 aliphatic heterocycles. The van der Waals surface area contributed by atoms with E-state index < -0.39 is 0 Å². The van der Waals surface area contributed by atoms with Gasteiger partial charge in [0.1, 0.15) is 0 Å². The Kier molecular flexibility index (Phi) is 2.73. The number of benzene rings is 1. The van der Waals surface area contributed by atoms with Gasteiger partial charge in [0.25, 0.3) is 0 Å². The van der Waals surface area contributed by atoms with Crippen LogP contribution in [0, 0.1) is 6.92 Å². The van der Waals surface area contributed by atoms with Crippen LogP contribution in [-0.2, 0) is 6.54 Å². The van der Waals surface area contributed by atoms with Gasteiger partial charge < -0.3 is 5.73 Å². The van der Waals surface area contributed by atoms with Crippen molar-refractivity contribution in [2.75, 3.05) is 6.54 Å². The highest BCUT2D eigenvalue weighted by atomic mass is 15.6. The van der Waals surface area contributed by atoms with Gasteiger partial charge in [0, 0.05) is 12.1 Å². The first kappa shape index (κ1) is 9.79. The van der Waals surface area contributed by atoms with Crippen LogP contribution in [-0.4, -0.2) is 26.8 Å². The molecule has 2 aromatic rings. The van der Waals surface area contributed by atoms with Crippen LogP contribution in [0.2, 0.25) is 0 Å². The molecule has 0 unspecified atom stereocenters. The first-order valence-electron chi connectivity index (χ1n) is 4.84. The smallest absolute Gasteiger partial charge is 0.204 e. The van der Waals surface area contributed by atoms with Crippen molar-refractivity contribution in [2.24, 2.45) is 5.73 Å². The summed E-state index contributed by atoms with van der Waals surface area (Å²) < 4.78 is 0. The third-order valence-electron chi connectivity index (χ3n) is 2.09. The van der Waals surface area contributed by atoms with E-state index in [1.807, 2.05) is 31.2 Å². The Balaban J connectivity index is 2.25. The molecule has 0 bridgehead atoms. The predicted molar refractivity (Wildman–Crippen MR) is 57.0 cm³/mol. The molecule has 5 nitrogen and oxygen atoms in total. The minimum Gasteiger partial charge on any atom is -0.329 e. The van der Waals surface area contributed by atoms with Gasteiger partial charge in [0.2, 0.25) is 5.82 Å². The topological polar surface area (TPSA) is 69.6 Å². The van der Waals surface area contributed by atoms with E-state index >= 15 is 0 Å². The van der Waals surface area contributed by atoms with Gasteiger partial charge in [-0.3, -0.25) is 0 Å². The molecule has 5 heteroatoms. The second-order valence-electron chi connectivity index (χ2n) is 3.36. The Hall–Kier alpha value is -1.75. The summed E-state index contributed by atoms with van der Waals surface area (Å²) in [7, 11) is 0. The summed E-state index contributed by atoms with van der Waals surface area (Å²) in [5.41, 5.74) is 7.59. The van der Waals surface area contributed by atoms with Gasteiger partial charge in [-0.2, -0.15) is 4.80 Å². The average molecular weight is 203 g/mol. The fourth-order valence-electron chi connectivity index (χ4n) is 1.27. The van der Waals surface area contributed by atoms with E-state index in [-0.39, 0.29) is 0 Å². The lowest BCUT2D eigenvalue weighted by molar-refractivity contribution is 0.531. The number of nitrogens with two attached hydrogens (primary N) is 1. The molecule has 1 aromatic carbocycles. The summed E-state index contributed by atoms with van der Waals surface area (Å²) in [5, 5.41) is 12.1. The Bertz CT molecular complexity index is 431. The van der Waals surface area contributed by atoms with Gasteiger partial charge in [-0.25, -0.2) is 0 Å². The zero-order valence-electron chi connectivity index (χ0n) is 8.59. The monoisotopic (exact) mass is 203 g/mol. The number of aromatic nitrogens is 4. The quantitative estimate of drug-likeness (QED) is 0.793. The van der Waals surface area contributed by atoms with Crippen LogP contribution in [0.1, 0.15) is 5.56 Å². The molecule has 2 N–H and O–H groups in total. The van der Waals surface area contributed by atoms with Crippen molar-refractivity contribution >= 4 is 0 Å². The lowest BCUT2D eigenvalue weighted by atomic mass is 10.1. The lowest BCUT2D eigenvalue weighted by Gasteiger charge is -1.95. The number of aryl methyl sites for hydroxylation is 1. The number of rotatable bonds is 3. The fraction of sp³-hybridized carbons (Fsp3) is 0.300. The van der Waals surface area contributed by atoms with Crippen LogP contribution < -0.4 is 5.73 Å². The van der Waals surface area contributed by atoms with Gasteiger partial charge in [-0.05, 0) is 12.1 Å². The number of nitrogens with zero attached hydrogens (tertiary/aromatic N) is 4. The Labute approximate surface area is 87.9 Å². The highest BCUT2D eigenvalue weighted by Gasteiger charge is 2.04. The van der Waals surface area contributed by atoms with Crippen molar-refractivity contribution in [2.45, 2.75) is 13.5 Å². The number of tetrazole rings is 1. The van der Waals surface area contributed by atoms with E-state index in [0.717, 1.165) is 5.56 Å². The van der Waals surface area contributed by atoms with Crippen molar-refractivity contribution in [1.82, 2.24) is 20.2 Å². The molecule has 2 rings (SSSR count). The summed E-state index contributed by atoms with van der Waals surface area (Å²) in [6.45, 7) is 3.16. The van der Waals surface area contributed by atoms with Crippen LogP contribution >= 0.6 is 0 Å². The van der Waals surface area contributed by atoms with Gasteiger partial charge in [0.05, 0.1) is 6.54 Å². The highest BCUT2D eigenvalue weighted by molar-refractivity contribution is 5.53. The molecule has 0 fully saturated rings. The molecule has 15 heavy (non-hydrogen) atoms. The van der Waals surface area contributed by atoms with E-state index in [2.05, 4.69) is 15.4 Å². The first-order valence-corrected chi connectivity index (χ1v) is 4.84. The SMILES string of the molecule is Cc1ccc(-c2nnn(CCN)n2)cc1. The minimum absolute atomic E-state index is 0.518.